The first-order valence-corrected chi connectivity index (χ1v) is 6.24. The summed E-state index contributed by atoms with van der Waals surface area (Å²) in [6.45, 7) is -0.0805. The number of carbonyl (C=O) groups excluding carboxylic acids is 1. The zero-order valence-corrected chi connectivity index (χ0v) is 11.5. The highest BCUT2D eigenvalue weighted by Crippen LogP contribution is 2.12. The molecule has 92 valence electrons. The number of halogens is 2. The second-order valence-electron chi connectivity index (χ2n) is 3.62. The van der Waals surface area contributed by atoms with Gasteiger partial charge in [-0.3, -0.25) is 9.36 Å². The first-order chi connectivity index (χ1) is 8.56. The molecule has 0 radical (unpaired) electrons. The highest BCUT2D eigenvalue weighted by molar-refractivity contribution is 9.10. The summed E-state index contributed by atoms with van der Waals surface area (Å²) in [5.41, 5.74) is 0.0268. The third kappa shape index (κ3) is 3.05. The molecule has 0 N–H and O–H groups in total. The molecular formula is C12H8BrClN2O2. The molecule has 0 unspecified atom stereocenters. The van der Waals surface area contributed by atoms with Gasteiger partial charge in [0.05, 0.1) is 17.8 Å². The quantitative estimate of drug-likeness (QED) is 0.814. The fourth-order valence-electron chi connectivity index (χ4n) is 1.45. The van der Waals surface area contributed by atoms with Crippen LogP contribution < -0.4 is 5.69 Å². The fraction of sp³-hybridized carbons (Fsp3) is 0.0833. The van der Waals surface area contributed by atoms with Crippen molar-refractivity contribution in [1.29, 1.82) is 0 Å². The van der Waals surface area contributed by atoms with Crippen LogP contribution in [0.5, 0.6) is 0 Å². The molecule has 1 aromatic carbocycles. The van der Waals surface area contributed by atoms with E-state index in [0.29, 0.717) is 10.6 Å². The third-order valence-electron chi connectivity index (χ3n) is 2.28. The summed E-state index contributed by atoms with van der Waals surface area (Å²) in [5, 5.41) is 0.316. The predicted octanol–water partition coefficient (Wildman–Crippen LogP) is 2.54. The Balaban J connectivity index is 2.27. The van der Waals surface area contributed by atoms with E-state index < -0.39 is 5.69 Å². The lowest BCUT2D eigenvalue weighted by Gasteiger charge is -2.04. The van der Waals surface area contributed by atoms with Crippen LogP contribution in [0.3, 0.4) is 0 Å². The molecule has 4 nitrogen and oxygen atoms in total. The highest BCUT2D eigenvalue weighted by Gasteiger charge is 2.09. The topological polar surface area (TPSA) is 52.0 Å². The number of aromatic nitrogens is 2. The number of benzene rings is 1. The lowest BCUT2D eigenvalue weighted by Crippen LogP contribution is -2.25. The molecular weight excluding hydrogens is 320 g/mol. The summed E-state index contributed by atoms with van der Waals surface area (Å²) in [4.78, 5) is 27.0. The first kappa shape index (κ1) is 13.0. The highest BCUT2D eigenvalue weighted by atomic mass is 79.9. The second-order valence-corrected chi connectivity index (χ2v) is 4.97. The van der Waals surface area contributed by atoms with Crippen molar-refractivity contribution in [3.63, 3.8) is 0 Å². The van der Waals surface area contributed by atoms with E-state index in [0.717, 1.165) is 4.47 Å². The van der Waals surface area contributed by atoms with Crippen molar-refractivity contribution in [2.75, 3.05) is 0 Å². The smallest absolute Gasteiger partial charge is 0.292 e. The maximum atomic E-state index is 12.0. The summed E-state index contributed by atoms with van der Waals surface area (Å²) < 4.78 is 2.00. The van der Waals surface area contributed by atoms with Crippen LogP contribution in [0.1, 0.15) is 10.4 Å². The lowest BCUT2D eigenvalue weighted by atomic mass is 10.1. The molecule has 0 saturated carbocycles. The van der Waals surface area contributed by atoms with E-state index >= 15 is 0 Å². The molecule has 6 heteroatoms. The van der Waals surface area contributed by atoms with Crippen molar-refractivity contribution in [3.8, 4) is 0 Å². The average molecular weight is 328 g/mol. The maximum absolute atomic E-state index is 12.0. The van der Waals surface area contributed by atoms with Crippen molar-refractivity contribution in [2.24, 2.45) is 0 Å². The van der Waals surface area contributed by atoms with Gasteiger partial charge in [0.2, 0.25) is 0 Å². The normalized spacial score (nSPS) is 10.3. The van der Waals surface area contributed by atoms with Crippen molar-refractivity contribution in [3.05, 3.63) is 62.2 Å². The van der Waals surface area contributed by atoms with E-state index in [-0.39, 0.29) is 12.3 Å². The molecule has 0 amide bonds. The zero-order valence-electron chi connectivity index (χ0n) is 9.14. The molecule has 0 fully saturated rings. The van der Waals surface area contributed by atoms with Gasteiger partial charge in [0.25, 0.3) is 0 Å². The maximum Gasteiger partial charge on any atom is 0.348 e. The van der Waals surface area contributed by atoms with Gasteiger partial charge in [-0.15, -0.1) is 0 Å². The summed E-state index contributed by atoms with van der Waals surface area (Å²) >= 11 is 9.02. The van der Waals surface area contributed by atoms with E-state index in [1.54, 1.807) is 18.2 Å². The molecule has 1 heterocycles. The van der Waals surface area contributed by atoms with Crippen LogP contribution in [0.2, 0.25) is 5.02 Å². The van der Waals surface area contributed by atoms with Crippen LogP contribution >= 0.6 is 27.5 Å². The van der Waals surface area contributed by atoms with Crippen molar-refractivity contribution in [2.45, 2.75) is 6.54 Å². The Labute approximate surface area is 116 Å². The monoisotopic (exact) mass is 326 g/mol. The van der Waals surface area contributed by atoms with Crippen LogP contribution in [-0.2, 0) is 6.54 Å². The van der Waals surface area contributed by atoms with Gasteiger partial charge < -0.3 is 0 Å². The molecule has 2 rings (SSSR count). The minimum Gasteiger partial charge on any atom is -0.292 e. The van der Waals surface area contributed by atoms with Gasteiger partial charge in [-0.25, -0.2) is 9.78 Å². The number of hydrogen-bond acceptors (Lipinski definition) is 3. The van der Waals surface area contributed by atoms with Crippen LogP contribution in [0.25, 0.3) is 0 Å². The molecule has 0 aliphatic carbocycles. The summed E-state index contributed by atoms with van der Waals surface area (Å²) in [7, 11) is 0. The Morgan fingerprint density at radius 3 is 2.94 bits per heavy atom. The molecule has 0 bridgehead atoms. The number of hydrogen-bond donors (Lipinski definition) is 0. The summed E-state index contributed by atoms with van der Waals surface area (Å²) in [6.07, 6.45) is 2.65. The Bertz CT molecular complexity index is 655. The van der Waals surface area contributed by atoms with E-state index in [1.807, 2.05) is 6.07 Å². The average Bonchev–Trinajstić information content (AvgIpc) is 2.34. The minimum atomic E-state index is -0.497. The molecule has 0 aliphatic heterocycles. The van der Waals surface area contributed by atoms with Crippen LogP contribution in [-0.4, -0.2) is 15.3 Å². The summed E-state index contributed by atoms with van der Waals surface area (Å²) in [6, 6.07) is 6.97. The van der Waals surface area contributed by atoms with Gasteiger partial charge in [0.1, 0.15) is 0 Å². The Morgan fingerprint density at radius 1 is 1.44 bits per heavy atom. The van der Waals surface area contributed by atoms with E-state index in [4.69, 9.17) is 11.6 Å². The third-order valence-corrected chi connectivity index (χ3v) is 2.97. The SMILES string of the molecule is O=C(Cn1cc(Cl)cnc1=O)c1cccc(Br)c1. The van der Waals surface area contributed by atoms with Crippen molar-refractivity contribution >= 4 is 33.3 Å². The van der Waals surface area contributed by atoms with Gasteiger partial charge in [0, 0.05) is 16.2 Å². The number of carbonyl (C=O) groups is 1. The second kappa shape index (κ2) is 5.46. The molecule has 0 spiro atoms. The molecule has 0 saturated heterocycles. The van der Waals surface area contributed by atoms with Gasteiger partial charge >= 0.3 is 5.69 Å². The number of rotatable bonds is 3. The van der Waals surface area contributed by atoms with Gasteiger partial charge in [-0.2, -0.15) is 0 Å². The molecule has 2 aromatic rings. The summed E-state index contributed by atoms with van der Waals surface area (Å²) in [5.74, 6) is -0.178. The fourth-order valence-corrected chi connectivity index (χ4v) is 2.02. The Kier molecular flexibility index (Phi) is 3.93. The van der Waals surface area contributed by atoms with E-state index in [2.05, 4.69) is 20.9 Å². The van der Waals surface area contributed by atoms with Gasteiger partial charge in [-0.05, 0) is 12.1 Å². The zero-order chi connectivity index (χ0) is 13.1. The Morgan fingerprint density at radius 2 is 2.22 bits per heavy atom. The number of nitrogens with zero attached hydrogens (tertiary/aromatic N) is 2. The van der Waals surface area contributed by atoms with E-state index in [1.165, 1.54) is 17.0 Å². The van der Waals surface area contributed by atoms with Crippen LogP contribution in [0.4, 0.5) is 0 Å². The molecule has 18 heavy (non-hydrogen) atoms. The van der Waals surface area contributed by atoms with Crippen molar-refractivity contribution in [1.82, 2.24) is 9.55 Å². The van der Waals surface area contributed by atoms with Crippen molar-refractivity contribution < 1.29 is 4.79 Å². The van der Waals surface area contributed by atoms with Gasteiger partial charge in [-0.1, -0.05) is 39.7 Å². The first-order valence-electron chi connectivity index (χ1n) is 5.07. The van der Waals surface area contributed by atoms with Crippen LogP contribution in [0, 0.1) is 0 Å². The number of Topliss-reactive ketones (excluding diaryl/α,β-unsaturated/α-hetero) is 1. The molecule has 0 aliphatic rings. The predicted molar refractivity (Wildman–Crippen MR) is 72.0 cm³/mol. The van der Waals surface area contributed by atoms with E-state index in [9.17, 15) is 9.59 Å². The van der Waals surface area contributed by atoms with Crippen LogP contribution in [0.15, 0.2) is 45.9 Å². The molecule has 1 aromatic heterocycles. The van der Waals surface area contributed by atoms with Gasteiger partial charge in [0.15, 0.2) is 5.78 Å². The largest absolute Gasteiger partial charge is 0.348 e. The number of ketones is 1. The Hall–Kier alpha value is -1.46. The molecule has 0 atom stereocenters. The standard InChI is InChI=1S/C12H8BrClN2O2/c13-9-3-1-2-8(4-9)11(17)7-16-6-10(14)5-15-12(16)18/h1-6H,7H2. The minimum absolute atomic E-state index is 0.0805. The lowest BCUT2D eigenvalue weighted by molar-refractivity contribution is 0.0970.